The minimum atomic E-state index is 0.155. The average molecular weight is 364 g/mol. The predicted molar refractivity (Wildman–Crippen MR) is 105 cm³/mol. The maximum Gasteiger partial charge on any atom is 0.229 e. The quantitative estimate of drug-likeness (QED) is 0.703. The zero-order valence-corrected chi connectivity index (χ0v) is 15.7. The Morgan fingerprint density at radius 3 is 2.52 bits per heavy atom. The van der Waals surface area contributed by atoms with E-state index in [9.17, 15) is 4.79 Å². The number of nitrogens with zero attached hydrogens (tertiary/aromatic N) is 5. The van der Waals surface area contributed by atoms with Crippen LogP contribution in [0.25, 0.3) is 5.95 Å². The number of aromatic amines is 1. The minimum Gasteiger partial charge on any atom is -0.369 e. The molecule has 1 saturated heterocycles. The summed E-state index contributed by atoms with van der Waals surface area (Å²) in [5, 5.41) is 6.77. The van der Waals surface area contributed by atoms with E-state index < -0.39 is 0 Å². The van der Waals surface area contributed by atoms with E-state index >= 15 is 0 Å². The first-order valence-electron chi connectivity index (χ1n) is 9.23. The molecule has 7 heteroatoms. The fourth-order valence-corrected chi connectivity index (χ4v) is 3.77. The third-order valence-electron chi connectivity index (χ3n) is 5.21. The molecule has 0 spiro atoms. The molecular formula is C20H24N6O. The second kappa shape index (κ2) is 7.36. The number of carbonyl (C=O) groups is 1. The topological polar surface area (TPSA) is 70.1 Å². The van der Waals surface area contributed by atoms with Gasteiger partial charge in [0.15, 0.2) is 5.78 Å². The molecule has 1 fully saturated rings. The van der Waals surface area contributed by atoms with Crippen LogP contribution in [0.3, 0.4) is 0 Å². The van der Waals surface area contributed by atoms with Gasteiger partial charge < -0.3 is 4.90 Å². The van der Waals surface area contributed by atoms with Crippen molar-refractivity contribution in [3.8, 4) is 5.95 Å². The first-order valence-corrected chi connectivity index (χ1v) is 9.23. The van der Waals surface area contributed by atoms with Gasteiger partial charge in [0, 0.05) is 48.8 Å². The van der Waals surface area contributed by atoms with Gasteiger partial charge >= 0.3 is 0 Å². The van der Waals surface area contributed by atoms with Gasteiger partial charge in [0.2, 0.25) is 5.95 Å². The molecule has 2 aromatic heterocycles. The van der Waals surface area contributed by atoms with Crippen molar-refractivity contribution in [1.29, 1.82) is 0 Å². The summed E-state index contributed by atoms with van der Waals surface area (Å²) in [5.41, 5.74) is 3.88. The second-order valence-corrected chi connectivity index (χ2v) is 6.95. The number of piperazine rings is 1. The van der Waals surface area contributed by atoms with Crippen molar-refractivity contribution in [2.75, 3.05) is 37.6 Å². The van der Waals surface area contributed by atoms with Crippen molar-refractivity contribution in [2.24, 2.45) is 0 Å². The molecule has 0 bridgehead atoms. The van der Waals surface area contributed by atoms with E-state index in [0.29, 0.717) is 12.5 Å². The molecule has 3 aromatic rings. The van der Waals surface area contributed by atoms with E-state index in [2.05, 4.69) is 49.2 Å². The molecule has 3 heterocycles. The summed E-state index contributed by atoms with van der Waals surface area (Å²) in [6.07, 6.45) is 1.47. The SMILES string of the molecule is Cc1cc(C(=O)CN2CCN(c3ccccc3)CC2)c(C)n1-c1ncn[nH]1. The Morgan fingerprint density at radius 2 is 1.85 bits per heavy atom. The largest absolute Gasteiger partial charge is 0.369 e. The highest BCUT2D eigenvalue weighted by Crippen LogP contribution is 2.20. The summed E-state index contributed by atoms with van der Waals surface area (Å²) in [7, 11) is 0. The van der Waals surface area contributed by atoms with Crippen molar-refractivity contribution in [2.45, 2.75) is 13.8 Å². The molecule has 0 saturated carbocycles. The Bertz CT molecular complexity index is 908. The number of hydrogen-bond acceptors (Lipinski definition) is 5. The van der Waals surface area contributed by atoms with Gasteiger partial charge in [-0.15, -0.1) is 0 Å². The number of aryl methyl sites for hydroxylation is 1. The first-order chi connectivity index (χ1) is 13.1. The third-order valence-corrected chi connectivity index (χ3v) is 5.21. The normalized spacial score (nSPS) is 15.3. The summed E-state index contributed by atoms with van der Waals surface area (Å²) in [6.45, 7) is 8.04. The number of H-pyrrole nitrogens is 1. The maximum absolute atomic E-state index is 12.9. The van der Waals surface area contributed by atoms with Gasteiger partial charge in [0.25, 0.3) is 0 Å². The fourth-order valence-electron chi connectivity index (χ4n) is 3.77. The number of para-hydroxylation sites is 1. The fraction of sp³-hybridized carbons (Fsp3) is 0.350. The van der Waals surface area contributed by atoms with Crippen LogP contribution < -0.4 is 4.90 Å². The molecule has 1 N–H and O–H groups in total. The molecule has 0 unspecified atom stereocenters. The van der Waals surface area contributed by atoms with Crippen LogP contribution in [0, 0.1) is 13.8 Å². The standard InChI is InChI=1S/C20H24N6O/c1-15-12-18(16(2)26(15)20-21-14-22-23-20)19(27)13-24-8-10-25(11-9-24)17-6-4-3-5-7-17/h3-7,12,14H,8-11,13H2,1-2H3,(H,21,22,23). The van der Waals surface area contributed by atoms with E-state index in [1.807, 2.05) is 30.5 Å². The molecule has 4 rings (SSSR count). The molecule has 1 aliphatic rings. The van der Waals surface area contributed by atoms with Gasteiger partial charge in [-0.05, 0) is 32.0 Å². The number of ketones is 1. The van der Waals surface area contributed by atoms with Crippen LogP contribution in [-0.4, -0.2) is 63.2 Å². The van der Waals surface area contributed by atoms with Crippen LogP contribution in [-0.2, 0) is 0 Å². The van der Waals surface area contributed by atoms with E-state index in [4.69, 9.17) is 0 Å². The zero-order chi connectivity index (χ0) is 18.8. The smallest absolute Gasteiger partial charge is 0.229 e. The highest BCUT2D eigenvalue weighted by atomic mass is 16.1. The number of hydrogen-bond donors (Lipinski definition) is 1. The number of nitrogens with one attached hydrogen (secondary N) is 1. The van der Waals surface area contributed by atoms with Crippen molar-refractivity contribution in [3.05, 3.63) is 59.7 Å². The third kappa shape index (κ3) is 3.50. The highest BCUT2D eigenvalue weighted by molar-refractivity contribution is 5.99. The second-order valence-electron chi connectivity index (χ2n) is 6.95. The Hall–Kier alpha value is -2.93. The minimum absolute atomic E-state index is 0.155. The molecule has 1 aromatic carbocycles. The number of anilines is 1. The summed E-state index contributed by atoms with van der Waals surface area (Å²) in [5.74, 6) is 0.794. The number of rotatable bonds is 5. The molecule has 1 aliphatic heterocycles. The van der Waals surface area contributed by atoms with Gasteiger partial charge in [0.1, 0.15) is 6.33 Å². The van der Waals surface area contributed by atoms with Crippen LogP contribution in [0.1, 0.15) is 21.7 Å². The monoisotopic (exact) mass is 364 g/mol. The van der Waals surface area contributed by atoms with Crippen LogP contribution in [0.15, 0.2) is 42.7 Å². The molecule has 0 radical (unpaired) electrons. The molecule has 7 nitrogen and oxygen atoms in total. The Labute approximate surface area is 158 Å². The summed E-state index contributed by atoms with van der Waals surface area (Å²) < 4.78 is 1.94. The van der Waals surface area contributed by atoms with E-state index in [-0.39, 0.29) is 5.78 Å². The Kier molecular flexibility index (Phi) is 4.77. The average Bonchev–Trinajstić information content (AvgIpc) is 3.31. The van der Waals surface area contributed by atoms with Crippen LogP contribution >= 0.6 is 0 Å². The van der Waals surface area contributed by atoms with Crippen LogP contribution in [0.4, 0.5) is 5.69 Å². The van der Waals surface area contributed by atoms with Gasteiger partial charge in [0.05, 0.1) is 6.54 Å². The van der Waals surface area contributed by atoms with Gasteiger partial charge in [-0.2, -0.15) is 10.1 Å². The first kappa shape index (κ1) is 17.5. The molecule has 140 valence electrons. The molecule has 27 heavy (non-hydrogen) atoms. The lowest BCUT2D eigenvalue weighted by Crippen LogP contribution is -2.48. The highest BCUT2D eigenvalue weighted by Gasteiger charge is 2.23. The number of carbonyl (C=O) groups excluding carboxylic acids is 1. The Balaban J connectivity index is 1.41. The lowest BCUT2D eigenvalue weighted by atomic mass is 10.1. The summed E-state index contributed by atoms with van der Waals surface area (Å²) >= 11 is 0. The van der Waals surface area contributed by atoms with E-state index in [1.165, 1.54) is 12.0 Å². The van der Waals surface area contributed by atoms with Crippen molar-refractivity contribution >= 4 is 11.5 Å². The summed E-state index contributed by atoms with van der Waals surface area (Å²) in [4.78, 5) is 21.7. The molecule has 0 atom stereocenters. The number of benzene rings is 1. The molecule has 0 amide bonds. The number of aromatic nitrogens is 4. The summed E-state index contributed by atoms with van der Waals surface area (Å²) in [6, 6.07) is 12.4. The van der Waals surface area contributed by atoms with E-state index in [0.717, 1.165) is 43.1 Å². The maximum atomic E-state index is 12.9. The van der Waals surface area contributed by atoms with Crippen molar-refractivity contribution < 1.29 is 4.79 Å². The molecular weight excluding hydrogens is 340 g/mol. The Morgan fingerprint density at radius 1 is 1.11 bits per heavy atom. The van der Waals surface area contributed by atoms with Gasteiger partial charge in [-0.25, -0.2) is 5.10 Å². The van der Waals surface area contributed by atoms with Crippen LogP contribution in [0.2, 0.25) is 0 Å². The zero-order valence-electron chi connectivity index (χ0n) is 15.7. The number of Topliss-reactive ketones (excluding diaryl/α,β-unsaturated/α-hetero) is 1. The lowest BCUT2D eigenvalue weighted by Gasteiger charge is -2.35. The van der Waals surface area contributed by atoms with Gasteiger partial charge in [-0.1, -0.05) is 18.2 Å². The van der Waals surface area contributed by atoms with Gasteiger partial charge in [-0.3, -0.25) is 14.3 Å². The lowest BCUT2D eigenvalue weighted by molar-refractivity contribution is 0.0926. The van der Waals surface area contributed by atoms with Crippen molar-refractivity contribution in [1.82, 2.24) is 24.6 Å². The molecule has 0 aliphatic carbocycles. The van der Waals surface area contributed by atoms with Crippen molar-refractivity contribution in [3.63, 3.8) is 0 Å². The van der Waals surface area contributed by atoms with Crippen LogP contribution in [0.5, 0.6) is 0 Å². The van der Waals surface area contributed by atoms with E-state index in [1.54, 1.807) is 0 Å². The predicted octanol–water partition coefficient (Wildman–Crippen LogP) is 2.22.